The first-order chi connectivity index (χ1) is 12.6. The summed E-state index contributed by atoms with van der Waals surface area (Å²) in [6, 6.07) is 4.87. The summed E-state index contributed by atoms with van der Waals surface area (Å²) < 4.78 is 0. The Bertz CT molecular complexity index is 806. The highest BCUT2D eigenvalue weighted by Gasteiger charge is 2.11. The van der Waals surface area contributed by atoms with Gasteiger partial charge in [-0.2, -0.15) is 0 Å². The zero-order valence-electron chi connectivity index (χ0n) is 14.3. The van der Waals surface area contributed by atoms with E-state index in [4.69, 9.17) is 23.2 Å². The normalized spacial score (nSPS) is 13.8. The van der Waals surface area contributed by atoms with Crippen molar-refractivity contribution in [3.05, 3.63) is 58.0 Å². The molecule has 1 heterocycles. The summed E-state index contributed by atoms with van der Waals surface area (Å²) in [5.41, 5.74) is 2.15. The third-order valence-electron chi connectivity index (χ3n) is 4.20. The van der Waals surface area contributed by atoms with Crippen molar-refractivity contribution in [2.75, 3.05) is 17.2 Å². The van der Waals surface area contributed by atoms with Crippen LogP contribution in [0.25, 0.3) is 0 Å². The quantitative estimate of drug-likeness (QED) is 0.653. The zero-order chi connectivity index (χ0) is 18.4. The minimum atomic E-state index is -0.388. The van der Waals surface area contributed by atoms with Crippen LogP contribution in [0.15, 0.2) is 42.2 Å². The van der Waals surface area contributed by atoms with Gasteiger partial charge in [0.05, 0.1) is 23.1 Å². The Balaban J connectivity index is 1.54. The van der Waals surface area contributed by atoms with Crippen molar-refractivity contribution in [2.45, 2.75) is 32.1 Å². The second-order valence-electron chi connectivity index (χ2n) is 6.15. The van der Waals surface area contributed by atoms with E-state index in [9.17, 15) is 4.79 Å². The summed E-state index contributed by atoms with van der Waals surface area (Å²) >= 11 is 12.0. The summed E-state index contributed by atoms with van der Waals surface area (Å²) in [5, 5.41) is 6.82. The maximum absolute atomic E-state index is 12.3. The maximum atomic E-state index is 12.3. The molecule has 0 bridgehead atoms. The fourth-order valence-electron chi connectivity index (χ4n) is 2.80. The van der Waals surface area contributed by atoms with Gasteiger partial charge in [-0.3, -0.25) is 4.79 Å². The molecule has 7 heteroatoms. The molecule has 0 aliphatic heterocycles. The first kappa shape index (κ1) is 18.7. The van der Waals surface area contributed by atoms with E-state index in [0.29, 0.717) is 21.6 Å². The van der Waals surface area contributed by atoms with E-state index in [1.54, 1.807) is 24.4 Å². The smallest absolute Gasteiger partial charge is 0.275 e. The highest BCUT2D eigenvalue weighted by Crippen LogP contribution is 2.25. The molecule has 0 atom stereocenters. The number of anilines is 2. The Hall–Kier alpha value is -2.11. The fourth-order valence-corrected chi connectivity index (χ4v) is 3.14. The van der Waals surface area contributed by atoms with Gasteiger partial charge in [-0.1, -0.05) is 34.9 Å². The lowest BCUT2D eigenvalue weighted by Gasteiger charge is -2.13. The van der Waals surface area contributed by atoms with Crippen molar-refractivity contribution in [2.24, 2.45) is 0 Å². The van der Waals surface area contributed by atoms with Gasteiger partial charge in [-0.05, 0) is 50.3 Å². The highest BCUT2D eigenvalue weighted by atomic mass is 35.5. The van der Waals surface area contributed by atoms with E-state index >= 15 is 0 Å². The van der Waals surface area contributed by atoms with Gasteiger partial charge in [0, 0.05) is 11.6 Å². The average molecular weight is 391 g/mol. The monoisotopic (exact) mass is 390 g/mol. The van der Waals surface area contributed by atoms with Crippen LogP contribution in [0, 0.1) is 0 Å². The van der Waals surface area contributed by atoms with Gasteiger partial charge >= 0.3 is 0 Å². The molecule has 0 saturated heterocycles. The van der Waals surface area contributed by atoms with Crippen LogP contribution >= 0.6 is 23.2 Å². The number of halogens is 2. The fraction of sp³-hybridized carbons (Fsp3) is 0.316. The second-order valence-corrected chi connectivity index (χ2v) is 6.99. The Kier molecular flexibility index (Phi) is 6.47. The molecule has 2 N–H and O–H groups in total. The summed E-state index contributed by atoms with van der Waals surface area (Å²) in [5.74, 6) is 0.263. The van der Waals surface area contributed by atoms with Crippen LogP contribution in [-0.4, -0.2) is 22.4 Å². The van der Waals surface area contributed by atoms with Gasteiger partial charge in [0.1, 0.15) is 11.5 Å². The molecule has 26 heavy (non-hydrogen) atoms. The predicted molar refractivity (Wildman–Crippen MR) is 106 cm³/mol. The van der Waals surface area contributed by atoms with Crippen molar-refractivity contribution in [3.8, 4) is 0 Å². The lowest BCUT2D eigenvalue weighted by Crippen LogP contribution is -2.15. The third-order valence-corrected chi connectivity index (χ3v) is 4.76. The van der Waals surface area contributed by atoms with Crippen LogP contribution < -0.4 is 10.6 Å². The molecule has 0 unspecified atom stereocenters. The molecule has 0 saturated carbocycles. The minimum Gasteiger partial charge on any atom is -0.368 e. The van der Waals surface area contributed by atoms with Crippen LogP contribution in [0.1, 0.15) is 42.6 Å². The standard InChI is InChI=1S/C19H20Cl2N4O/c20-14-6-7-15(21)16(10-14)25-19(26)17-11-24-18(12-23-17)22-9-8-13-4-2-1-3-5-13/h4,6-7,10-12H,1-3,5,8-9H2,(H,22,24)(H,25,26). The Labute approximate surface area is 162 Å². The largest absolute Gasteiger partial charge is 0.368 e. The molecule has 1 amide bonds. The van der Waals surface area contributed by atoms with Gasteiger partial charge in [0.2, 0.25) is 0 Å². The molecule has 0 fully saturated rings. The first-order valence-corrected chi connectivity index (χ1v) is 9.37. The summed E-state index contributed by atoms with van der Waals surface area (Å²) in [6.45, 7) is 0.810. The molecule has 2 aromatic rings. The first-order valence-electron chi connectivity index (χ1n) is 8.62. The van der Waals surface area contributed by atoms with E-state index in [1.165, 1.54) is 37.5 Å². The molecule has 5 nitrogen and oxygen atoms in total. The zero-order valence-corrected chi connectivity index (χ0v) is 15.8. The van der Waals surface area contributed by atoms with E-state index in [1.807, 2.05) is 0 Å². The van der Waals surface area contributed by atoms with Crippen LogP contribution in [-0.2, 0) is 0 Å². The van der Waals surface area contributed by atoms with E-state index in [0.717, 1.165) is 13.0 Å². The number of carbonyl (C=O) groups is 1. The summed E-state index contributed by atoms with van der Waals surface area (Å²) in [7, 11) is 0. The average Bonchev–Trinajstić information content (AvgIpc) is 2.66. The highest BCUT2D eigenvalue weighted by molar-refractivity contribution is 6.35. The number of hydrogen-bond donors (Lipinski definition) is 2. The van der Waals surface area contributed by atoms with Gasteiger partial charge in [-0.15, -0.1) is 0 Å². The number of amides is 1. The van der Waals surface area contributed by atoms with Crippen LogP contribution in [0.3, 0.4) is 0 Å². The Morgan fingerprint density at radius 1 is 1.15 bits per heavy atom. The molecule has 1 aliphatic rings. The van der Waals surface area contributed by atoms with Gasteiger partial charge < -0.3 is 10.6 Å². The van der Waals surface area contributed by atoms with Gasteiger partial charge in [0.15, 0.2) is 0 Å². The summed E-state index contributed by atoms with van der Waals surface area (Å²) in [6.07, 6.45) is 11.3. The number of carbonyl (C=O) groups excluding carboxylic acids is 1. The maximum Gasteiger partial charge on any atom is 0.275 e. The molecule has 0 radical (unpaired) electrons. The van der Waals surface area contributed by atoms with Gasteiger partial charge in [0.25, 0.3) is 5.91 Å². The second kappa shape index (κ2) is 9.01. The SMILES string of the molecule is O=C(Nc1cc(Cl)ccc1Cl)c1cnc(NCCC2=CCCCC2)cn1. The van der Waals surface area contributed by atoms with Crippen LogP contribution in [0.2, 0.25) is 10.0 Å². The molecule has 136 valence electrons. The minimum absolute atomic E-state index is 0.210. The third kappa shape index (κ3) is 5.19. The summed E-state index contributed by atoms with van der Waals surface area (Å²) in [4.78, 5) is 20.7. The van der Waals surface area contributed by atoms with E-state index in [-0.39, 0.29) is 11.6 Å². The number of aromatic nitrogens is 2. The Morgan fingerprint density at radius 2 is 2.04 bits per heavy atom. The molecular weight excluding hydrogens is 371 g/mol. The molecule has 1 aromatic carbocycles. The van der Waals surface area contributed by atoms with E-state index < -0.39 is 0 Å². The van der Waals surface area contributed by atoms with Crippen LogP contribution in [0.5, 0.6) is 0 Å². The number of nitrogens with one attached hydrogen (secondary N) is 2. The van der Waals surface area contributed by atoms with Crippen molar-refractivity contribution in [1.82, 2.24) is 9.97 Å². The molecule has 3 rings (SSSR count). The number of hydrogen-bond acceptors (Lipinski definition) is 4. The molecule has 1 aromatic heterocycles. The molecular formula is C19H20Cl2N4O. The molecule has 1 aliphatic carbocycles. The number of nitrogens with zero attached hydrogens (tertiary/aromatic N) is 2. The van der Waals surface area contributed by atoms with Crippen molar-refractivity contribution in [1.29, 1.82) is 0 Å². The van der Waals surface area contributed by atoms with Crippen LogP contribution in [0.4, 0.5) is 11.5 Å². The topological polar surface area (TPSA) is 66.9 Å². The van der Waals surface area contributed by atoms with Crippen molar-refractivity contribution < 1.29 is 4.79 Å². The van der Waals surface area contributed by atoms with Crippen molar-refractivity contribution in [3.63, 3.8) is 0 Å². The lowest BCUT2D eigenvalue weighted by atomic mass is 9.97. The Morgan fingerprint density at radius 3 is 2.77 bits per heavy atom. The van der Waals surface area contributed by atoms with Gasteiger partial charge in [-0.25, -0.2) is 9.97 Å². The number of allylic oxidation sites excluding steroid dienone is 1. The lowest BCUT2D eigenvalue weighted by molar-refractivity contribution is 0.102. The number of rotatable bonds is 6. The van der Waals surface area contributed by atoms with E-state index in [2.05, 4.69) is 26.7 Å². The predicted octanol–water partition coefficient (Wildman–Crippen LogP) is 5.34. The molecule has 0 spiro atoms. The number of benzene rings is 1. The van der Waals surface area contributed by atoms with Crippen molar-refractivity contribution >= 4 is 40.6 Å².